The number of rotatable bonds is 4. The molecule has 0 radical (unpaired) electrons. The van der Waals surface area contributed by atoms with Gasteiger partial charge in [-0.1, -0.05) is 47.2 Å². The van der Waals surface area contributed by atoms with Crippen molar-refractivity contribution in [1.29, 1.82) is 0 Å². The molecule has 0 spiro atoms. The lowest BCUT2D eigenvalue weighted by atomic mass is 10.1. The Bertz CT molecular complexity index is 1020. The predicted molar refractivity (Wildman–Crippen MR) is 99.8 cm³/mol. The third kappa shape index (κ3) is 3.23. The van der Waals surface area contributed by atoms with Gasteiger partial charge in [0.05, 0.1) is 16.9 Å². The molecule has 0 saturated heterocycles. The van der Waals surface area contributed by atoms with Gasteiger partial charge >= 0.3 is 0 Å². The van der Waals surface area contributed by atoms with Gasteiger partial charge in [0.2, 0.25) is 10.1 Å². The molecule has 0 fully saturated rings. The highest BCUT2D eigenvalue weighted by Gasteiger charge is 2.11. The van der Waals surface area contributed by atoms with Gasteiger partial charge in [0.25, 0.3) is 0 Å². The SMILES string of the molecule is Cc1ccccc1CNc1nn2cc(-c3ccc(F)c(Cl)c3)nc2s1. The molecule has 0 aliphatic carbocycles. The van der Waals surface area contributed by atoms with Gasteiger partial charge in [-0.15, -0.1) is 5.10 Å². The fourth-order valence-corrected chi connectivity index (χ4v) is 3.50. The predicted octanol–water partition coefficient (Wildman–Crippen LogP) is 5.17. The number of fused-ring (bicyclic) bond motifs is 1. The van der Waals surface area contributed by atoms with E-state index in [1.54, 1.807) is 16.6 Å². The number of anilines is 1. The number of benzene rings is 2. The summed E-state index contributed by atoms with van der Waals surface area (Å²) in [7, 11) is 0. The molecule has 2 heterocycles. The van der Waals surface area contributed by atoms with Gasteiger partial charge in [-0.2, -0.15) is 0 Å². The van der Waals surface area contributed by atoms with Crippen LogP contribution in [-0.4, -0.2) is 14.6 Å². The molecule has 4 rings (SSSR count). The maximum Gasteiger partial charge on any atom is 0.214 e. The fraction of sp³-hybridized carbons (Fsp3) is 0.111. The van der Waals surface area contributed by atoms with E-state index in [-0.39, 0.29) is 5.02 Å². The molecule has 2 aromatic carbocycles. The monoisotopic (exact) mass is 372 g/mol. The maximum absolute atomic E-state index is 13.3. The van der Waals surface area contributed by atoms with Crippen LogP contribution in [0.2, 0.25) is 5.02 Å². The van der Waals surface area contributed by atoms with Crippen molar-refractivity contribution in [1.82, 2.24) is 14.6 Å². The van der Waals surface area contributed by atoms with Crippen molar-refractivity contribution in [3.8, 4) is 11.3 Å². The minimum atomic E-state index is -0.438. The molecule has 25 heavy (non-hydrogen) atoms. The first-order chi connectivity index (χ1) is 12.1. The van der Waals surface area contributed by atoms with Crippen LogP contribution in [0.4, 0.5) is 9.52 Å². The molecule has 126 valence electrons. The summed E-state index contributed by atoms with van der Waals surface area (Å²) in [5.74, 6) is -0.438. The van der Waals surface area contributed by atoms with Gasteiger partial charge in [0.1, 0.15) is 5.82 Å². The molecule has 0 saturated carbocycles. The number of halogens is 2. The van der Waals surface area contributed by atoms with Crippen molar-refractivity contribution in [2.45, 2.75) is 13.5 Å². The number of aryl methyl sites for hydroxylation is 1. The van der Waals surface area contributed by atoms with E-state index < -0.39 is 5.82 Å². The Kier molecular flexibility index (Phi) is 4.15. The van der Waals surface area contributed by atoms with Crippen LogP contribution in [0.3, 0.4) is 0 Å². The Morgan fingerprint density at radius 2 is 2.08 bits per heavy atom. The molecular weight excluding hydrogens is 359 g/mol. The first-order valence-electron chi connectivity index (χ1n) is 7.70. The summed E-state index contributed by atoms with van der Waals surface area (Å²) in [4.78, 5) is 5.31. The van der Waals surface area contributed by atoms with Crippen molar-refractivity contribution in [3.63, 3.8) is 0 Å². The molecule has 7 heteroatoms. The zero-order valence-electron chi connectivity index (χ0n) is 13.3. The number of hydrogen-bond donors (Lipinski definition) is 1. The van der Waals surface area contributed by atoms with Crippen LogP contribution in [0.25, 0.3) is 16.2 Å². The number of nitrogens with zero attached hydrogens (tertiary/aromatic N) is 3. The lowest BCUT2D eigenvalue weighted by Gasteiger charge is -2.05. The van der Waals surface area contributed by atoms with E-state index in [4.69, 9.17) is 11.6 Å². The summed E-state index contributed by atoms with van der Waals surface area (Å²) in [6, 6.07) is 12.8. The Balaban J connectivity index is 1.55. The fourth-order valence-electron chi connectivity index (χ4n) is 2.55. The summed E-state index contributed by atoms with van der Waals surface area (Å²) in [6.45, 7) is 2.80. The highest BCUT2D eigenvalue weighted by atomic mass is 35.5. The Hall–Kier alpha value is -2.44. The molecule has 0 aliphatic rings. The molecule has 1 N–H and O–H groups in total. The standard InChI is InChI=1S/C18H14ClFN4S/c1-11-4-2-3-5-13(11)9-21-17-23-24-10-16(22-18(24)25-17)12-6-7-15(20)14(19)8-12/h2-8,10H,9H2,1H3,(H,21,23). The van der Waals surface area contributed by atoms with Crippen molar-refractivity contribution >= 4 is 33.0 Å². The number of hydrogen-bond acceptors (Lipinski definition) is 4. The topological polar surface area (TPSA) is 42.2 Å². The zero-order chi connectivity index (χ0) is 17.4. The van der Waals surface area contributed by atoms with E-state index in [9.17, 15) is 4.39 Å². The van der Waals surface area contributed by atoms with Gasteiger partial charge < -0.3 is 5.32 Å². The van der Waals surface area contributed by atoms with Crippen molar-refractivity contribution in [2.75, 3.05) is 5.32 Å². The average Bonchev–Trinajstić information content (AvgIpc) is 3.15. The second-order valence-corrected chi connectivity index (χ2v) is 7.03. The van der Waals surface area contributed by atoms with Crippen LogP contribution in [0.15, 0.2) is 48.7 Å². The third-order valence-corrected chi connectivity index (χ3v) is 5.12. The van der Waals surface area contributed by atoms with E-state index in [1.165, 1.54) is 28.5 Å². The van der Waals surface area contributed by atoms with Crippen molar-refractivity contribution in [3.05, 3.63) is 70.6 Å². The number of aromatic nitrogens is 3. The van der Waals surface area contributed by atoms with E-state index in [0.29, 0.717) is 12.2 Å². The van der Waals surface area contributed by atoms with E-state index >= 15 is 0 Å². The van der Waals surface area contributed by atoms with Crippen LogP contribution in [0.5, 0.6) is 0 Å². The highest BCUT2D eigenvalue weighted by molar-refractivity contribution is 7.20. The molecule has 0 bridgehead atoms. The summed E-state index contributed by atoms with van der Waals surface area (Å²) >= 11 is 7.31. The zero-order valence-corrected chi connectivity index (χ0v) is 14.9. The Morgan fingerprint density at radius 1 is 1.24 bits per heavy atom. The molecule has 0 amide bonds. The third-order valence-electron chi connectivity index (χ3n) is 3.95. The van der Waals surface area contributed by atoms with Crippen molar-refractivity contribution < 1.29 is 4.39 Å². The van der Waals surface area contributed by atoms with Crippen LogP contribution in [-0.2, 0) is 6.54 Å². The molecule has 0 unspecified atom stereocenters. The second kappa shape index (κ2) is 6.46. The normalized spacial score (nSPS) is 11.2. The molecule has 0 aliphatic heterocycles. The molecule has 2 aromatic heterocycles. The Morgan fingerprint density at radius 3 is 2.84 bits per heavy atom. The first-order valence-corrected chi connectivity index (χ1v) is 8.89. The van der Waals surface area contributed by atoms with Crippen LogP contribution in [0, 0.1) is 12.7 Å². The second-order valence-electron chi connectivity index (χ2n) is 5.67. The lowest BCUT2D eigenvalue weighted by Crippen LogP contribution is -2.01. The van der Waals surface area contributed by atoms with Crippen LogP contribution < -0.4 is 5.32 Å². The molecule has 4 aromatic rings. The van der Waals surface area contributed by atoms with Gasteiger partial charge in [0.15, 0.2) is 0 Å². The van der Waals surface area contributed by atoms with Gasteiger partial charge in [0, 0.05) is 12.1 Å². The van der Waals surface area contributed by atoms with E-state index in [1.807, 2.05) is 18.3 Å². The van der Waals surface area contributed by atoms with Gasteiger partial charge in [-0.25, -0.2) is 13.9 Å². The highest BCUT2D eigenvalue weighted by Crippen LogP contribution is 2.27. The van der Waals surface area contributed by atoms with Crippen LogP contribution >= 0.6 is 22.9 Å². The maximum atomic E-state index is 13.3. The van der Waals surface area contributed by atoms with Gasteiger partial charge in [-0.05, 0) is 36.2 Å². The largest absolute Gasteiger partial charge is 0.356 e. The van der Waals surface area contributed by atoms with Gasteiger partial charge in [-0.3, -0.25) is 0 Å². The molecular formula is C18H14ClFN4S. The molecule has 4 nitrogen and oxygen atoms in total. The van der Waals surface area contributed by atoms with E-state index in [2.05, 4.69) is 34.5 Å². The lowest BCUT2D eigenvalue weighted by molar-refractivity contribution is 0.628. The summed E-state index contributed by atoms with van der Waals surface area (Å²) in [6.07, 6.45) is 1.81. The number of nitrogens with one attached hydrogen (secondary N) is 1. The first kappa shape index (κ1) is 16.1. The quantitative estimate of drug-likeness (QED) is 0.537. The summed E-state index contributed by atoms with van der Waals surface area (Å²) < 4.78 is 15.0. The minimum Gasteiger partial charge on any atom is -0.356 e. The number of imidazole rings is 1. The Labute approximate surface area is 152 Å². The summed E-state index contributed by atoms with van der Waals surface area (Å²) in [5, 5.41) is 8.71. The minimum absolute atomic E-state index is 0.0856. The summed E-state index contributed by atoms with van der Waals surface area (Å²) in [5.41, 5.74) is 3.95. The molecule has 0 atom stereocenters. The van der Waals surface area contributed by atoms with Crippen LogP contribution in [0.1, 0.15) is 11.1 Å². The smallest absolute Gasteiger partial charge is 0.214 e. The van der Waals surface area contributed by atoms with E-state index in [0.717, 1.165) is 15.7 Å². The average molecular weight is 373 g/mol. The van der Waals surface area contributed by atoms with Crippen molar-refractivity contribution in [2.24, 2.45) is 0 Å².